The quantitative estimate of drug-likeness (QED) is 0.209. The molecular formula is C38H47BrN4. The molecule has 0 aliphatic carbocycles. The van der Waals surface area contributed by atoms with Crippen LogP contribution in [-0.2, 0) is 0 Å². The summed E-state index contributed by atoms with van der Waals surface area (Å²) in [5.41, 5.74) is 8.19. The molecule has 6 rings (SSSR count). The molecule has 2 aliphatic rings. The minimum Gasteiger partial charge on any atom is -0.368 e. The molecule has 2 fully saturated rings. The summed E-state index contributed by atoms with van der Waals surface area (Å²) in [4.78, 5) is 9.91. The second kappa shape index (κ2) is 14.8. The van der Waals surface area contributed by atoms with Gasteiger partial charge in [0.05, 0.1) is 0 Å². The molecule has 0 aromatic heterocycles. The molecule has 0 N–H and O–H groups in total. The summed E-state index contributed by atoms with van der Waals surface area (Å²) >= 11 is 3.50. The van der Waals surface area contributed by atoms with Gasteiger partial charge in [-0.3, -0.25) is 0 Å². The lowest BCUT2D eigenvalue weighted by Crippen LogP contribution is -2.46. The van der Waals surface area contributed by atoms with Gasteiger partial charge in [-0.05, 0) is 83.6 Å². The number of hydrogen-bond acceptors (Lipinski definition) is 4. The van der Waals surface area contributed by atoms with Gasteiger partial charge in [0.1, 0.15) is 0 Å². The van der Waals surface area contributed by atoms with Crippen molar-refractivity contribution in [2.24, 2.45) is 0 Å². The van der Waals surface area contributed by atoms with E-state index >= 15 is 0 Å². The van der Waals surface area contributed by atoms with Crippen molar-refractivity contribution in [2.45, 2.75) is 39.5 Å². The van der Waals surface area contributed by atoms with Crippen LogP contribution in [0.3, 0.4) is 0 Å². The van der Waals surface area contributed by atoms with Crippen LogP contribution in [0.5, 0.6) is 0 Å². The van der Waals surface area contributed by atoms with E-state index in [0.29, 0.717) is 11.8 Å². The summed E-state index contributed by atoms with van der Waals surface area (Å²) in [5.74, 6) is 1.21. The molecule has 0 spiro atoms. The van der Waals surface area contributed by atoms with Crippen LogP contribution in [0, 0.1) is 0 Å². The Labute approximate surface area is 268 Å². The van der Waals surface area contributed by atoms with Crippen LogP contribution in [0.1, 0.15) is 50.7 Å². The first kappa shape index (κ1) is 31.0. The highest BCUT2D eigenvalue weighted by molar-refractivity contribution is 9.10. The third kappa shape index (κ3) is 8.35. The third-order valence-electron chi connectivity index (χ3n) is 8.72. The number of piperazine rings is 2. The van der Waals surface area contributed by atoms with Crippen molar-refractivity contribution in [3.8, 4) is 0 Å². The number of rotatable bonds is 6. The standard InChI is InChI=1S/C19H23BrN2.C19H24N2/c1-15(2)16-3-7-18(8-4-16)21-11-13-22(14-12-21)19-9-5-17(20)6-10-19;1-16(2)17-8-10-19(11-9-17)21-14-12-20(13-15-21)18-6-4-3-5-7-18/h3-10,15H,11-14H2,1-2H3;3-11,16H,12-15H2,1-2H3. The fourth-order valence-electron chi connectivity index (χ4n) is 5.88. The SMILES string of the molecule is CC(C)c1ccc(N2CCN(c3ccc(Br)cc3)CC2)cc1.CC(C)c1ccc(N2CCN(c3ccccc3)CC2)cc1. The first-order chi connectivity index (χ1) is 20.9. The van der Waals surface area contributed by atoms with Crippen molar-refractivity contribution in [3.05, 3.63) is 119 Å². The molecule has 2 saturated heterocycles. The molecule has 0 amide bonds. The van der Waals surface area contributed by atoms with E-state index in [1.54, 1.807) is 0 Å². The van der Waals surface area contributed by atoms with Gasteiger partial charge < -0.3 is 19.6 Å². The number of anilines is 4. The van der Waals surface area contributed by atoms with E-state index in [9.17, 15) is 0 Å². The fourth-order valence-corrected chi connectivity index (χ4v) is 6.14. The summed E-state index contributed by atoms with van der Waals surface area (Å²) in [7, 11) is 0. The molecule has 226 valence electrons. The maximum absolute atomic E-state index is 3.50. The van der Waals surface area contributed by atoms with E-state index in [4.69, 9.17) is 0 Å². The second-order valence-corrected chi connectivity index (χ2v) is 13.2. The Morgan fingerprint density at radius 1 is 0.395 bits per heavy atom. The fraction of sp³-hybridized carbons (Fsp3) is 0.368. The van der Waals surface area contributed by atoms with E-state index in [0.717, 1.165) is 56.8 Å². The lowest BCUT2D eigenvalue weighted by atomic mass is 10.0. The van der Waals surface area contributed by atoms with Crippen LogP contribution < -0.4 is 19.6 Å². The van der Waals surface area contributed by atoms with Crippen LogP contribution in [0.15, 0.2) is 108 Å². The number of halogens is 1. The van der Waals surface area contributed by atoms with E-state index in [1.165, 1.54) is 33.9 Å². The van der Waals surface area contributed by atoms with Gasteiger partial charge in [0.15, 0.2) is 0 Å². The van der Waals surface area contributed by atoms with Gasteiger partial charge in [0.25, 0.3) is 0 Å². The number of benzene rings is 4. The van der Waals surface area contributed by atoms with Gasteiger partial charge in [-0.15, -0.1) is 0 Å². The minimum absolute atomic E-state index is 0.600. The molecule has 0 unspecified atom stereocenters. The predicted octanol–water partition coefficient (Wildman–Crippen LogP) is 9.04. The molecule has 2 heterocycles. The van der Waals surface area contributed by atoms with E-state index in [1.807, 2.05) is 0 Å². The highest BCUT2D eigenvalue weighted by Gasteiger charge is 2.19. The highest BCUT2D eigenvalue weighted by Crippen LogP contribution is 2.25. The Morgan fingerprint density at radius 3 is 0.977 bits per heavy atom. The highest BCUT2D eigenvalue weighted by atomic mass is 79.9. The van der Waals surface area contributed by atoms with E-state index < -0.39 is 0 Å². The van der Waals surface area contributed by atoms with Gasteiger partial charge in [-0.25, -0.2) is 0 Å². The maximum atomic E-state index is 3.50. The zero-order valence-corrected chi connectivity index (χ0v) is 27.9. The molecule has 0 radical (unpaired) electrons. The Hall–Kier alpha value is -3.44. The summed E-state index contributed by atoms with van der Waals surface area (Å²) in [5, 5.41) is 0. The molecule has 4 aromatic rings. The lowest BCUT2D eigenvalue weighted by molar-refractivity contribution is 0.653. The van der Waals surface area contributed by atoms with Crippen molar-refractivity contribution in [1.82, 2.24) is 0 Å². The van der Waals surface area contributed by atoms with Crippen LogP contribution in [0.2, 0.25) is 0 Å². The predicted molar refractivity (Wildman–Crippen MR) is 190 cm³/mol. The van der Waals surface area contributed by atoms with Gasteiger partial charge >= 0.3 is 0 Å². The number of nitrogens with zero attached hydrogens (tertiary/aromatic N) is 4. The number of hydrogen-bond donors (Lipinski definition) is 0. The zero-order chi connectivity index (χ0) is 30.2. The molecule has 4 aromatic carbocycles. The Morgan fingerprint density at radius 2 is 0.674 bits per heavy atom. The van der Waals surface area contributed by atoms with Gasteiger partial charge in [0.2, 0.25) is 0 Å². The van der Waals surface area contributed by atoms with Crippen LogP contribution >= 0.6 is 15.9 Å². The van der Waals surface area contributed by atoms with Gasteiger partial charge in [-0.1, -0.05) is 86.1 Å². The lowest BCUT2D eigenvalue weighted by Gasteiger charge is -2.37. The monoisotopic (exact) mass is 638 g/mol. The Kier molecular flexibility index (Phi) is 10.7. The molecule has 2 aliphatic heterocycles. The normalized spacial score (nSPS) is 15.5. The smallest absolute Gasteiger partial charge is 0.0368 e. The number of para-hydroxylation sites is 1. The Bertz CT molecular complexity index is 1370. The minimum atomic E-state index is 0.600. The third-order valence-corrected chi connectivity index (χ3v) is 9.25. The maximum Gasteiger partial charge on any atom is 0.0368 e. The topological polar surface area (TPSA) is 13.0 Å². The van der Waals surface area contributed by atoms with Crippen molar-refractivity contribution >= 4 is 38.7 Å². The molecule has 4 nitrogen and oxygen atoms in total. The van der Waals surface area contributed by atoms with Crippen molar-refractivity contribution in [1.29, 1.82) is 0 Å². The van der Waals surface area contributed by atoms with Crippen LogP contribution in [-0.4, -0.2) is 52.4 Å². The molecule has 0 bridgehead atoms. The summed E-state index contributed by atoms with van der Waals surface area (Å²) < 4.78 is 1.14. The van der Waals surface area contributed by atoms with Crippen LogP contribution in [0.4, 0.5) is 22.7 Å². The summed E-state index contributed by atoms with van der Waals surface area (Å²) in [6.07, 6.45) is 0. The second-order valence-electron chi connectivity index (χ2n) is 12.3. The summed E-state index contributed by atoms with van der Waals surface area (Å²) in [6.45, 7) is 17.7. The first-order valence-electron chi connectivity index (χ1n) is 15.9. The average Bonchev–Trinajstić information content (AvgIpc) is 3.06. The van der Waals surface area contributed by atoms with Crippen molar-refractivity contribution < 1.29 is 0 Å². The van der Waals surface area contributed by atoms with Gasteiger partial charge in [-0.2, -0.15) is 0 Å². The molecule has 5 heteroatoms. The zero-order valence-electron chi connectivity index (χ0n) is 26.3. The van der Waals surface area contributed by atoms with E-state index in [2.05, 4.69) is 166 Å². The molecular weight excluding hydrogens is 592 g/mol. The molecule has 0 saturated carbocycles. The molecule has 0 atom stereocenters. The first-order valence-corrected chi connectivity index (χ1v) is 16.7. The Balaban J connectivity index is 0.000000171. The summed E-state index contributed by atoms with van der Waals surface area (Å²) in [6, 6.07) is 37.5. The van der Waals surface area contributed by atoms with Gasteiger partial charge in [0, 0.05) is 79.6 Å². The molecule has 43 heavy (non-hydrogen) atoms. The van der Waals surface area contributed by atoms with E-state index in [-0.39, 0.29) is 0 Å². The average molecular weight is 640 g/mol. The van der Waals surface area contributed by atoms with Crippen LogP contribution in [0.25, 0.3) is 0 Å². The largest absolute Gasteiger partial charge is 0.368 e. The van der Waals surface area contributed by atoms with Crippen molar-refractivity contribution in [3.63, 3.8) is 0 Å². The van der Waals surface area contributed by atoms with Crippen molar-refractivity contribution in [2.75, 3.05) is 72.0 Å².